The van der Waals surface area contributed by atoms with Crippen LogP contribution in [0.25, 0.3) is 0 Å². The molecule has 1 rings (SSSR count). The number of rotatable bonds is 5. The number of aromatic carboxylic acids is 1. The van der Waals surface area contributed by atoms with Gasteiger partial charge in [-0.2, -0.15) is 4.90 Å². The van der Waals surface area contributed by atoms with Crippen molar-refractivity contribution in [3.63, 3.8) is 0 Å². The van der Waals surface area contributed by atoms with Crippen molar-refractivity contribution in [2.24, 2.45) is 0 Å². The van der Waals surface area contributed by atoms with Crippen LogP contribution in [0.2, 0.25) is 0 Å². The molecule has 0 radical (unpaired) electrons. The maximum absolute atomic E-state index is 12.8. The van der Waals surface area contributed by atoms with Crippen LogP contribution in [-0.4, -0.2) is 34.5 Å². The first-order valence-electron chi connectivity index (χ1n) is 9.35. The van der Waals surface area contributed by atoms with Crippen molar-refractivity contribution in [3.8, 4) is 0 Å². The van der Waals surface area contributed by atoms with Crippen LogP contribution in [0.1, 0.15) is 82.6 Å². The van der Waals surface area contributed by atoms with E-state index < -0.39 is 29.4 Å². The number of thiophene rings is 1. The zero-order valence-electron chi connectivity index (χ0n) is 18.0. The molecule has 0 aliphatic rings. The lowest BCUT2D eigenvalue weighted by molar-refractivity contribution is 0.0432. The first kappa shape index (κ1) is 23.9. The highest BCUT2D eigenvalue weighted by Crippen LogP contribution is 2.39. The van der Waals surface area contributed by atoms with E-state index in [0.29, 0.717) is 23.3 Å². The molecular formula is C20H31NO6S. The third kappa shape index (κ3) is 6.22. The molecule has 28 heavy (non-hydrogen) atoms. The Kier molecular flexibility index (Phi) is 7.65. The minimum Gasteiger partial charge on any atom is -0.478 e. The van der Waals surface area contributed by atoms with Crippen LogP contribution in [0.4, 0.5) is 14.6 Å². The highest BCUT2D eigenvalue weighted by Gasteiger charge is 2.38. The maximum Gasteiger partial charge on any atom is 0.425 e. The Morgan fingerprint density at radius 3 is 1.75 bits per heavy atom. The first-order chi connectivity index (χ1) is 12.7. The molecule has 158 valence electrons. The van der Waals surface area contributed by atoms with Gasteiger partial charge in [-0.05, 0) is 59.9 Å². The van der Waals surface area contributed by atoms with Crippen molar-refractivity contribution in [2.75, 3.05) is 4.90 Å². The van der Waals surface area contributed by atoms with Gasteiger partial charge >= 0.3 is 18.2 Å². The van der Waals surface area contributed by atoms with E-state index in [2.05, 4.69) is 0 Å². The Labute approximate surface area is 170 Å². The lowest BCUT2D eigenvalue weighted by Crippen LogP contribution is -2.44. The maximum atomic E-state index is 12.8. The third-order valence-electron chi connectivity index (χ3n) is 3.46. The van der Waals surface area contributed by atoms with E-state index in [1.165, 1.54) is 0 Å². The molecule has 0 atom stereocenters. The first-order valence-corrected chi connectivity index (χ1v) is 10.2. The Morgan fingerprint density at radius 2 is 1.43 bits per heavy atom. The van der Waals surface area contributed by atoms with Gasteiger partial charge in [-0.1, -0.05) is 20.3 Å². The highest BCUT2D eigenvalue weighted by molar-refractivity contribution is 7.17. The standard InChI is InChI=1S/C20H31NO6S/c1-9-11-12-13(10-2)28-15(14(12)16(22)23)21(17(24)26-19(3,4)5)18(25)27-20(6,7)8/h9-11H2,1-8H3,(H,22,23). The number of carbonyl (C=O) groups is 3. The number of imide groups is 1. The predicted octanol–water partition coefficient (Wildman–Crippen LogP) is 5.64. The van der Waals surface area contributed by atoms with Crippen molar-refractivity contribution in [1.82, 2.24) is 0 Å². The molecule has 0 saturated carbocycles. The molecule has 2 amide bonds. The second kappa shape index (κ2) is 8.94. The summed E-state index contributed by atoms with van der Waals surface area (Å²) in [6.45, 7) is 13.9. The van der Waals surface area contributed by atoms with Crippen molar-refractivity contribution < 1.29 is 29.0 Å². The van der Waals surface area contributed by atoms with Gasteiger partial charge in [-0.25, -0.2) is 14.4 Å². The summed E-state index contributed by atoms with van der Waals surface area (Å²) in [5.41, 5.74) is -1.12. The second-order valence-electron chi connectivity index (χ2n) is 8.39. The minimum atomic E-state index is -1.19. The normalized spacial score (nSPS) is 11.9. The second-order valence-corrected chi connectivity index (χ2v) is 9.47. The molecule has 1 aromatic rings. The molecule has 0 aliphatic heterocycles. The molecule has 1 heterocycles. The molecule has 7 nitrogen and oxygen atoms in total. The summed E-state index contributed by atoms with van der Waals surface area (Å²) in [6, 6.07) is 0. The topological polar surface area (TPSA) is 93.1 Å². The molecular weight excluding hydrogens is 382 g/mol. The SMILES string of the molecule is CCCc1c(CC)sc(N(C(=O)OC(C)(C)C)C(=O)OC(C)(C)C)c1C(=O)O. The van der Waals surface area contributed by atoms with Gasteiger partial charge in [-0.3, -0.25) is 0 Å². The van der Waals surface area contributed by atoms with E-state index in [9.17, 15) is 19.5 Å². The Bertz CT molecular complexity index is 711. The van der Waals surface area contributed by atoms with Crippen LogP contribution in [0, 0.1) is 0 Å². The monoisotopic (exact) mass is 413 g/mol. The van der Waals surface area contributed by atoms with Crippen LogP contribution in [0.15, 0.2) is 0 Å². The van der Waals surface area contributed by atoms with E-state index in [-0.39, 0.29) is 10.6 Å². The smallest absolute Gasteiger partial charge is 0.425 e. The quantitative estimate of drug-likeness (QED) is 0.671. The van der Waals surface area contributed by atoms with Gasteiger partial charge in [0.05, 0.1) is 5.56 Å². The van der Waals surface area contributed by atoms with E-state index in [1.54, 1.807) is 41.5 Å². The Balaban J connectivity index is 3.62. The fourth-order valence-corrected chi connectivity index (χ4v) is 3.79. The van der Waals surface area contributed by atoms with Crippen LogP contribution in [0.5, 0.6) is 0 Å². The molecule has 8 heteroatoms. The van der Waals surface area contributed by atoms with Crippen molar-refractivity contribution in [2.45, 2.75) is 85.9 Å². The zero-order valence-corrected chi connectivity index (χ0v) is 18.8. The molecule has 0 aliphatic carbocycles. The summed E-state index contributed by atoms with van der Waals surface area (Å²) >= 11 is 1.11. The lowest BCUT2D eigenvalue weighted by Gasteiger charge is -2.28. The zero-order chi connectivity index (χ0) is 21.9. The van der Waals surface area contributed by atoms with E-state index in [0.717, 1.165) is 22.6 Å². The molecule has 0 fully saturated rings. The number of carboxylic acid groups (broad SMARTS) is 1. The number of amides is 2. The van der Waals surface area contributed by atoms with Gasteiger partial charge in [0, 0.05) is 4.88 Å². The largest absolute Gasteiger partial charge is 0.478 e. The summed E-state index contributed by atoms with van der Waals surface area (Å²) in [6.07, 6.45) is -0.0518. The van der Waals surface area contributed by atoms with E-state index in [1.807, 2.05) is 13.8 Å². The summed E-state index contributed by atoms with van der Waals surface area (Å²) in [4.78, 5) is 39.3. The van der Waals surface area contributed by atoms with Gasteiger partial charge in [0.1, 0.15) is 16.2 Å². The number of carbonyl (C=O) groups excluding carboxylic acids is 2. The van der Waals surface area contributed by atoms with Gasteiger partial charge in [0.2, 0.25) is 0 Å². The van der Waals surface area contributed by atoms with Crippen LogP contribution < -0.4 is 4.90 Å². The average Bonchev–Trinajstić information content (AvgIpc) is 2.82. The van der Waals surface area contributed by atoms with Crippen LogP contribution in [0.3, 0.4) is 0 Å². The van der Waals surface area contributed by atoms with Crippen LogP contribution >= 0.6 is 11.3 Å². The Morgan fingerprint density at radius 1 is 0.964 bits per heavy atom. The average molecular weight is 414 g/mol. The lowest BCUT2D eigenvalue weighted by atomic mass is 10.0. The number of anilines is 1. The van der Waals surface area contributed by atoms with Gasteiger partial charge in [0.15, 0.2) is 0 Å². The van der Waals surface area contributed by atoms with Gasteiger partial charge < -0.3 is 14.6 Å². The van der Waals surface area contributed by atoms with Crippen molar-refractivity contribution >= 4 is 34.5 Å². The fourth-order valence-electron chi connectivity index (χ4n) is 2.53. The molecule has 1 aromatic heterocycles. The molecule has 0 bridgehead atoms. The summed E-state index contributed by atoms with van der Waals surface area (Å²) in [7, 11) is 0. The van der Waals surface area contributed by atoms with E-state index >= 15 is 0 Å². The number of aryl methyl sites for hydroxylation is 1. The number of nitrogens with zero attached hydrogens (tertiary/aromatic N) is 1. The minimum absolute atomic E-state index is 0.0244. The van der Waals surface area contributed by atoms with E-state index in [4.69, 9.17) is 9.47 Å². The van der Waals surface area contributed by atoms with Gasteiger partial charge in [0.25, 0.3) is 0 Å². The molecule has 0 spiro atoms. The number of carboxylic acids is 1. The summed E-state index contributed by atoms with van der Waals surface area (Å²) < 4.78 is 10.7. The predicted molar refractivity (Wildman–Crippen MR) is 110 cm³/mol. The fraction of sp³-hybridized carbons (Fsp3) is 0.650. The summed E-state index contributed by atoms with van der Waals surface area (Å²) in [5.74, 6) is -1.19. The molecule has 0 unspecified atom stereocenters. The Hall–Kier alpha value is -2.09. The van der Waals surface area contributed by atoms with Gasteiger partial charge in [-0.15, -0.1) is 11.3 Å². The number of ether oxygens (including phenoxy) is 2. The summed E-state index contributed by atoms with van der Waals surface area (Å²) in [5, 5.41) is 9.86. The van der Waals surface area contributed by atoms with Crippen molar-refractivity contribution in [3.05, 3.63) is 16.0 Å². The van der Waals surface area contributed by atoms with Crippen LogP contribution in [-0.2, 0) is 22.3 Å². The highest BCUT2D eigenvalue weighted by atomic mass is 32.1. The number of hydrogen-bond donors (Lipinski definition) is 1. The molecule has 0 aromatic carbocycles. The third-order valence-corrected chi connectivity index (χ3v) is 4.82. The molecule has 0 saturated heterocycles. The van der Waals surface area contributed by atoms with Crippen molar-refractivity contribution in [1.29, 1.82) is 0 Å². The number of hydrogen-bond acceptors (Lipinski definition) is 6. The molecule has 1 N–H and O–H groups in total.